The number of rotatable bonds is 6. The Bertz CT molecular complexity index is 1570. The third kappa shape index (κ3) is 4.23. The maximum Gasteiger partial charge on any atom is 0.333 e. The van der Waals surface area contributed by atoms with Gasteiger partial charge in [0.2, 0.25) is 0 Å². The smallest absolute Gasteiger partial charge is 0.333 e. The Morgan fingerprint density at radius 3 is 1.83 bits per heavy atom. The summed E-state index contributed by atoms with van der Waals surface area (Å²) < 4.78 is 11.1. The van der Waals surface area contributed by atoms with Crippen molar-refractivity contribution < 1.29 is 19.1 Å². The first kappa shape index (κ1) is 26.9. The number of nitrogens with zero attached hydrogens (tertiary/aromatic N) is 1. The molecule has 0 amide bonds. The summed E-state index contributed by atoms with van der Waals surface area (Å²) in [4.78, 5) is 30.4. The zero-order valence-electron chi connectivity index (χ0n) is 22.8. The molecule has 2 aliphatic rings. The lowest BCUT2D eigenvalue weighted by molar-refractivity contribution is -0.148. The van der Waals surface area contributed by atoms with E-state index in [9.17, 15) is 9.59 Å². The Labute approximate surface area is 245 Å². The van der Waals surface area contributed by atoms with Gasteiger partial charge in [-0.15, -0.1) is 0 Å². The van der Waals surface area contributed by atoms with E-state index in [0.29, 0.717) is 10.6 Å². The van der Waals surface area contributed by atoms with E-state index in [4.69, 9.17) is 21.1 Å². The lowest BCUT2D eigenvalue weighted by Gasteiger charge is -2.44. The molecule has 206 valence electrons. The summed E-state index contributed by atoms with van der Waals surface area (Å²) >= 11 is 6.35. The van der Waals surface area contributed by atoms with Crippen LogP contribution in [0.5, 0.6) is 0 Å². The average Bonchev–Trinajstić information content (AvgIpc) is 3.53. The highest BCUT2D eigenvalue weighted by atomic mass is 35.5. The molecule has 0 N–H and O–H groups in total. The van der Waals surface area contributed by atoms with Crippen molar-refractivity contribution in [3.05, 3.63) is 149 Å². The van der Waals surface area contributed by atoms with Crippen molar-refractivity contribution in [2.24, 2.45) is 5.92 Å². The maximum absolute atomic E-state index is 14.6. The molecule has 1 aliphatic carbocycles. The highest BCUT2D eigenvalue weighted by molar-refractivity contribution is 6.30. The number of anilines is 1. The number of benzene rings is 4. The monoisotopic (exact) mass is 563 g/mol. The maximum atomic E-state index is 14.6. The standard InChI is InChI=1S/C35H30ClNO4/c1-40-33(38)28-22-29(23-12-6-3-7-13-23)35(34(39)41-2)31(28)30(24-14-8-4-9-15-24)32(25-18-20-26(36)21-19-25)37(35)27-16-10-5-11-17-27/h3-22,29-32H,1-2H3/t29-,30-,31?,32-,35-/m1/s1. The van der Waals surface area contributed by atoms with E-state index in [-0.39, 0.29) is 12.0 Å². The molecule has 1 saturated heterocycles. The SMILES string of the molecule is COC(=O)C1=C[C@H](c2ccccc2)[C@]2(C(=O)OC)C1[C@@H](c1ccccc1)[C@@H](c1ccc(Cl)cc1)N2c1ccccc1. The van der Waals surface area contributed by atoms with E-state index in [0.717, 1.165) is 22.4 Å². The van der Waals surface area contributed by atoms with Crippen LogP contribution in [0.4, 0.5) is 5.69 Å². The van der Waals surface area contributed by atoms with Gasteiger partial charge < -0.3 is 14.4 Å². The summed E-state index contributed by atoms with van der Waals surface area (Å²) in [6, 6.07) is 37.2. The van der Waals surface area contributed by atoms with E-state index in [1.807, 2.05) is 109 Å². The van der Waals surface area contributed by atoms with Gasteiger partial charge in [0.25, 0.3) is 0 Å². The van der Waals surface area contributed by atoms with Gasteiger partial charge in [-0.1, -0.05) is 109 Å². The van der Waals surface area contributed by atoms with Crippen LogP contribution in [0.3, 0.4) is 0 Å². The van der Waals surface area contributed by atoms with Gasteiger partial charge >= 0.3 is 11.9 Å². The Kier molecular flexibility index (Phi) is 7.14. The zero-order valence-corrected chi connectivity index (χ0v) is 23.6. The van der Waals surface area contributed by atoms with Gasteiger partial charge in [0.15, 0.2) is 5.54 Å². The third-order valence-electron chi connectivity index (χ3n) is 8.53. The number of carbonyl (C=O) groups excluding carboxylic acids is 2. The van der Waals surface area contributed by atoms with Crippen LogP contribution >= 0.6 is 11.6 Å². The number of carbonyl (C=O) groups is 2. The highest BCUT2D eigenvalue weighted by Gasteiger charge is 2.71. The van der Waals surface area contributed by atoms with Crippen LogP contribution in [0.2, 0.25) is 5.02 Å². The summed E-state index contributed by atoms with van der Waals surface area (Å²) in [5, 5.41) is 0.620. The minimum Gasteiger partial charge on any atom is -0.467 e. The molecule has 0 aromatic heterocycles. The summed E-state index contributed by atoms with van der Waals surface area (Å²) in [6.45, 7) is 0. The molecule has 5 nitrogen and oxygen atoms in total. The second kappa shape index (κ2) is 10.9. The Morgan fingerprint density at radius 1 is 0.707 bits per heavy atom. The fourth-order valence-corrected chi connectivity index (χ4v) is 7.18. The molecule has 4 aromatic rings. The minimum atomic E-state index is -1.30. The van der Waals surface area contributed by atoms with Gasteiger partial charge in [0, 0.05) is 34.0 Å². The van der Waals surface area contributed by atoms with Gasteiger partial charge in [0.05, 0.1) is 20.3 Å². The number of ether oxygens (including phenoxy) is 2. The van der Waals surface area contributed by atoms with Crippen LogP contribution < -0.4 is 4.90 Å². The van der Waals surface area contributed by atoms with Crippen LogP contribution in [0, 0.1) is 5.92 Å². The first-order chi connectivity index (χ1) is 20.0. The number of esters is 2. The average molecular weight is 564 g/mol. The number of hydrogen-bond acceptors (Lipinski definition) is 5. The molecule has 1 unspecified atom stereocenters. The molecule has 0 bridgehead atoms. The summed E-state index contributed by atoms with van der Waals surface area (Å²) in [5.41, 5.74) is 2.91. The molecule has 0 spiro atoms. The van der Waals surface area contributed by atoms with E-state index >= 15 is 0 Å². The summed E-state index contributed by atoms with van der Waals surface area (Å²) in [7, 11) is 2.81. The second-order valence-corrected chi connectivity index (χ2v) is 10.9. The zero-order chi connectivity index (χ0) is 28.6. The number of hydrogen-bond donors (Lipinski definition) is 0. The molecule has 6 heteroatoms. The van der Waals surface area contributed by atoms with Crippen LogP contribution in [0.25, 0.3) is 0 Å². The van der Waals surface area contributed by atoms with Gasteiger partial charge in [-0.25, -0.2) is 9.59 Å². The fourth-order valence-electron chi connectivity index (χ4n) is 7.05. The molecule has 1 fully saturated rings. The topological polar surface area (TPSA) is 55.8 Å². The second-order valence-electron chi connectivity index (χ2n) is 10.4. The summed E-state index contributed by atoms with van der Waals surface area (Å²) in [5.74, 6) is -2.26. The van der Waals surface area contributed by atoms with Crippen LogP contribution in [0.1, 0.15) is 34.6 Å². The lowest BCUT2D eigenvalue weighted by atomic mass is 9.70. The van der Waals surface area contributed by atoms with E-state index in [1.54, 1.807) is 0 Å². The van der Waals surface area contributed by atoms with Crippen LogP contribution in [-0.2, 0) is 19.1 Å². The summed E-state index contributed by atoms with van der Waals surface area (Å²) in [6.07, 6.45) is 1.92. The van der Waals surface area contributed by atoms with Crippen LogP contribution in [0.15, 0.2) is 127 Å². The minimum absolute atomic E-state index is 0.309. The van der Waals surface area contributed by atoms with E-state index < -0.39 is 29.3 Å². The van der Waals surface area contributed by atoms with Crippen molar-refractivity contribution in [3.8, 4) is 0 Å². The molecular formula is C35H30ClNO4. The molecule has 0 saturated carbocycles. The molecule has 4 aromatic carbocycles. The third-order valence-corrected chi connectivity index (χ3v) is 8.78. The molecule has 0 radical (unpaired) electrons. The normalized spacial score (nSPS) is 24.9. The highest BCUT2D eigenvalue weighted by Crippen LogP contribution is 2.66. The van der Waals surface area contributed by atoms with Crippen molar-refractivity contribution in [2.75, 3.05) is 19.1 Å². The molecule has 1 heterocycles. The number of para-hydroxylation sites is 1. The Hall–Kier alpha value is -4.35. The van der Waals surface area contributed by atoms with Crippen molar-refractivity contribution in [1.82, 2.24) is 0 Å². The van der Waals surface area contributed by atoms with Gasteiger partial charge in [-0.3, -0.25) is 0 Å². The van der Waals surface area contributed by atoms with Crippen LogP contribution in [-0.4, -0.2) is 31.7 Å². The molecule has 5 atom stereocenters. The Balaban J connectivity index is 1.75. The molecule has 41 heavy (non-hydrogen) atoms. The number of halogens is 1. The first-order valence-electron chi connectivity index (χ1n) is 13.6. The van der Waals surface area contributed by atoms with E-state index in [1.165, 1.54) is 14.2 Å². The van der Waals surface area contributed by atoms with Crippen molar-refractivity contribution in [3.63, 3.8) is 0 Å². The number of fused-ring (bicyclic) bond motifs is 1. The molecule has 6 rings (SSSR count). The number of methoxy groups -OCH3 is 2. The fraction of sp³-hybridized carbons (Fsp3) is 0.200. The van der Waals surface area contributed by atoms with Crippen molar-refractivity contribution in [1.29, 1.82) is 0 Å². The molecular weight excluding hydrogens is 534 g/mol. The van der Waals surface area contributed by atoms with E-state index in [2.05, 4.69) is 17.0 Å². The predicted molar refractivity (Wildman–Crippen MR) is 160 cm³/mol. The van der Waals surface area contributed by atoms with Gasteiger partial charge in [0.1, 0.15) is 0 Å². The van der Waals surface area contributed by atoms with Crippen molar-refractivity contribution >= 4 is 29.2 Å². The largest absolute Gasteiger partial charge is 0.467 e. The first-order valence-corrected chi connectivity index (χ1v) is 14.0. The van der Waals surface area contributed by atoms with Gasteiger partial charge in [-0.05, 0) is 41.0 Å². The van der Waals surface area contributed by atoms with Crippen molar-refractivity contribution in [2.45, 2.75) is 23.4 Å². The molecule has 1 aliphatic heterocycles. The predicted octanol–water partition coefficient (Wildman–Crippen LogP) is 7.11. The lowest BCUT2D eigenvalue weighted by Crippen LogP contribution is -2.58. The quantitative estimate of drug-likeness (QED) is 0.234. The van der Waals surface area contributed by atoms with Gasteiger partial charge in [-0.2, -0.15) is 0 Å². The Morgan fingerprint density at radius 2 is 1.27 bits per heavy atom.